The largest absolute Gasteiger partial charge is 0.439 e. The predicted octanol–water partition coefficient (Wildman–Crippen LogP) is 2.16. The number of nitrogens with zero attached hydrogens (tertiary/aromatic N) is 2. The van der Waals surface area contributed by atoms with E-state index in [1.807, 2.05) is 24.3 Å². The van der Waals surface area contributed by atoms with Crippen molar-refractivity contribution in [2.75, 3.05) is 26.2 Å². The van der Waals surface area contributed by atoms with Crippen LogP contribution in [0.1, 0.15) is 28.8 Å². The lowest BCUT2D eigenvalue weighted by Gasteiger charge is -2.14. The fourth-order valence-corrected chi connectivity index (χ4v) is 2.86. The molecule has 0 radical (unpaired) electrons. The summed E-state index contributed by atoms with van der Waals surface area (Å²) < 4.78 is 5.67. The van der Waals surface area contributed by atoms with E-state index in [1.165, 1.54) is 37.7 Å². The minimum Gasteiger partial charge on any atom is -0.439 e. The Balaban J connectivity index is 1.44. The van der Waals surface area contributed by atoms with Crippen LogP contribution >= 0.6 is 0 Å². The maximum absolute atomic E-state index is 11.0. The summed E-state index contributed by atoms with van der Waals surface area (Å²) in [5.74, 6) is 0.641. The molecule has 0 bridgehead atoms. The number of primary amides is 1. The fourth-order valence-electron chi connectivity index (χ4n) is 2.86. The number of nitrogens with two attached hydrogens (primary N) is 1. The number of amides is 1. The second kappa shape index (κ2) is 8.60. The molecule has 3 N–H and O–H groups in total. The number of carbonyl (C=O) groups excluding carboxylic acids is 1. The highest BCUT2D eigenvalue weighted by Crippen LogP contribution is 2.19. The van der Waals surface area contributed by atoms with Crippen LogP contribution in [0.3, 0.4) is 0 Å². The molecule has 0 atom stereocenters. The molecule has 0 unspecified atom stereocenters. The Morgan fingerprint density at radius 3 is 2.56 bits per heavy atom. The second-order valence-corrected chi connectivity index (χ2v) is 6.22. The maximum Gasteiger partial charge on any atom is 0.250 e. The van der Waals surface area contributed by atoms with Gasteiger partial charge in [0, 0.05) is 31.9 Å². The Morgan fingerprint density at radius 2 is 1.92 bits per heavy atom. The summed E-state index contributed by atoms with van der Waals surface area (Å²) in [4.78, 5) is 17.6. The van der Waals surface area contributed by atoms with Crippen molar-refractivity contribution < 1.29 is 9.53 Å². The Labute approximate surface area is 148 Å². The lowest BCUT2D eigenvalue weighted by Crippen LogP contribution is -2.29. The lowest BCUT2D eigenvalue weighted by molar-refractivity contribution is 0.1000. The maximum atomic E-state index is 11.0. The molecule has 2 heterocycles. The highest BCUT2D eigenvalue weighted by Gasteiger charge is 2.10. The highest BCUT2D eigenvalue weighted by atomic mass is 16.5. The molecule has 6 nitrogen and oxygen atoms in total. The molecule has 132 valence electrons. The van der Waals surface area contributed by atoms with Gasteiger partial charge in [0.1, 0.15) is 5.75 Å². The summed E-state index contributed by atoms with van der Waals surface area (Å²) in [6, 6.07) is 11.1. The number of hydrogen-bond donors (Lipinski definition) is 2. The third-order valence-electron chi connectivity index (χ3n) is 4.30. The second-order valence-electron chi connectivity index (χ2n) is 6.22. The number of pyridine rings is 1. The molecule has 0 spiro atoms. The third kappa shape index (κ3) is 5.27. The number of ether oxygens (including phenoxy) is 1. The highest BCUT2D eigenvalue weighted by molar-refractivity contribution is 5.92. The Hall–Kier alpha value is -2.44. The zero-order valence-corrected chi connectivity index (χ0v) is 14.3. The lowest BCUT2D eigenvalue weighted by atomic mass is 10.2. The van der Waals surface area contributed by atoms with Crippen LogP contribution in [0.25, 0.3) is 0 Å². The van der Waals surface area contributed by atoms with Crippen molar-refractivity contribution in [2.45, 2.75) is 19.4 Å². The van der Waals surface area contributed by atoms with Crippen molar-refractivity contribution in [1.82, 2.24) is 15.2 Å². The van der Waals surface area contributed by atoms with Crippen LogP contribution in [-0.2, 0) is 6.54 Å². The number of rotatable bonds is 8. The molecular formula is C19H24N4O2. The van der Waals surface area contributed by atoms with E-state index >= 15 is 0 Å². The standard InChI is InChI=1S/C19H24N4O2/c20-19(24)16-5-8-18(22-14-16)25-17-6-3-15(4-7-17)13-21-9-12-23-10-1-2-11-23/h3-8,14,21H,1-2,9-13H2,(H2,20,24). The monoisotopic (exact) mass is 340 g/mol. The first-order chi connectivity index (χ1) is 12.2. The Morgan fingerprint density at radius 1 is 1.16 bits per heavy atom. The van der Waals surface area contributed by atoms with Crippen LogP contribution in [0.2, 0.25) is 0 Å². The molecule has 1 fully saturated rings. The SMILES string of the molecule is NC(=O)c1ccc(Oc2ccc(CNCCN3CCCC3)cc2)nc1. The van der Waals surface area contributed by atoms with Gasteiger partial charge in [0.2, 0.25) is 11.8 Å². The van der Waals surface area contributed by atoms with Crippen molar-refractivity contribution in [3.63, 3.8) is 0 Å². The van der Waals surface area contributed by atoms with Gasteiger partial charge in [-0.2, -0.15) is 0 Å². The van der Waals surface area contributed by atoms with E-state index in [0.717, 1.165) is 19.6 Å². The molecule has 1 aromatic carbocycles. The Kier molecular flexibility index (Phi) is 5.98. The van der Waals surface area contributed by atoms with Crippen molar-refractivity contribution in [1.29, 1.82) is 0 Å². The first-order valence-corrected chi connectivity index (χ1v) is 8.66. The van der Waals surface area contributed by atoms with Crippen LogP contribution in [0.5, 0.6) is 11.6 Å². The first-order valence-electron chi connectivity index (χ1n) is 8.66. The van der Waals surface area contributed by atoms with E-state index in [1.54, 1.807) is 12.1 Å². The van der Waals surface area contributed by atoms with E-state index in [2.05, 4.69) is 15.2 Å². The minimum atomic E-state index is -0.499. The number of benzene rings is 1. The number of carbonyl (C=O) groups is 1. The molecule has 1 aliphatic heterocycles. The number of hydrogen-bond acceptors (Lipinski definition) is 5. The summed E-state index contributed by atoms with van der Waals surface area (Å²) in [5.41, 5.74) is 6.77. The topological polar surface area (TPSA) is 80.5 Å². The average molecular weight is 340 g/mol. The molecule has 0 saturated carbocycles. The van der Waals surface area contributed by atoms with Crippen molar-refractivity contribution in [3.05, 3.63) is 53.7 Å². The van der Waals surface area contributed by atoms with Gasteiger partial charge in [-0.25, -0.2) is 4.98 Å². The van der Waals surface area contributed by atoms with E-state index in [4.69, 9.17) is 10.5 Å². The van der Waals surface area contributed by atoms with Gasteiger partial charge in [-0.1, -0.05) is 12.1 Å². The van der Waals surface area contributed by atoms with E-state index < -0.39 is 5.91 Å². The van der Waals surface area contributed by atoms with Gasteiger partial charge in [-0.15, -0.1) is 0 Å². The minimum absolute atomic E-state index is 0.364. The molecule has 0 aliphatic carbocycles. The zero-order chi connectivity index (χ0) is 17.5. The van der Waals surface area contributed by atoms with Crippen LogP contribution in [0, 0.1) is 0 Å². The summed E-state index contributed by atoms with van der Waals surface area (Å²) in [6.45, 7) is 5.45. The molecule has 1 amide bonds. The van der Waals surface area contributed by atoms with Crippen molar-refractivity contribution in [3.8, 4) is 11.6 Å². The molecular weight excluding hydrogens is 316 g/mol. The first kappa shape index (κ1) is 17.4. The van der Waals surface area contributed by atoms with Gasteiger partial charge in [-0.05, 0) is 49.7 Å². The normalized spacial score (nSPS) is 14.6. The smallest absolute Gasteiger partial charge is 0.250 e. The average Bonchev–Trinajstić information content (AvgIpc) is 3.14. The fraction of sp³-hybridized carbons (Fsp3) is 0.368. The van der Waals surface area contributed by atoms with Crippen molar-refractivity contribution in [2.24, 2.45) is 5.73 Å². The quantitative estimate of drug-likeness (QED) is 0.720. The van der Waals surface area contributed by atoms with E-state index in [-0.39, 0.29) is 0 Å². The van der Waals surface area contributed by atoms with E-state index in [0.29, 0.717) is 17.2 Å². The van der Waals surface area contributed by atoms with Gasteiger partial charge in [0.15, 0.2) is 0 Å². The molecule has 2 aromatic rings. The summed E-state index contributed by atoms with van der Waals surface area (Å²) in [6.07, 6.45) is 4.08. The number of aromatic nitrogens is 1. The van der Waals surface area contributed by atoms with Gasteiger partial charge in [0.25, 0.3) is 0 Å². The van der Waals surface area contributed by atoms with Crippen LogP contribution in [-0.4, -0.2) is 42.0 Å². The number of likely N-dealkylation sites (tertiary alicyclic amines) is 1. The predicted molar refractivity (Wildman–Crippen MR) is 96.7 cm³/mol. The molecule has 25 heavy (non-hydrogen) atoms. The van der Waals surface area contributed by atoms with Gasteiger partial charge in [0.05, 0.1) is 5.56 Å². The summed E-state index contributed by atoms with van der Waals surface area (Å²) in [5, 5.41) is 3.48. The van der Waals surface area contributed by atoms with Crippen LogP contribution in [0.4, 0.5) is 0 Å². The third-order valence-corrected chi connectivity index (χ3v) is 4.30. The van der Waals surface area contributed by atoms with Gasteiger partial charge < -0.3 is 20.7 Å². The van der Waals surface area contributed by atoms with Crippen LogP contribution in [0.15, 0.2) is 42.6 Å². The molecule has 3 rings (SSSR count). The van der Waals surface area contributed by atoms with Gasteiger partial charge in [-0.3, -0.25) is 4.79 Å². The Bertz CT molecular complexity index is 680. The van der Waals surface area contributed by atoms with Crippen molar-refractivity contribution >= 4 is 5.91 Å². The van der Waals surface area contributed by atoms with Gasteiger partial charge >= 0.3 is 0 Å². The molecule has 6 heteroatoms. The molecule has 1 aliphatic rings. The van der Waals surface area contributed by atoms with Crippen LogP contribution < -0.4 is 15.8 Å². The zero-order valence-electron chi connectivity index (χ0n) is 14.3. The van der Waals surface area contributed by atoms with E-state index in [9.17, 15) is 4.79 Å². The molecule has 1 aromatic heterocycles. The summed E-state index contributed by atoms with van der Waals surface area (Å²) in [7, 11) is 0. The molecule has 1 saturated heterocycles. The number of nitrogens with one attached hydrogen (secondary N) is 1. The summed E-state index contributed by atoms with van der Waals surface area (Å²) >= 11 is 0.